The Labute approximate surface area is 132 Å². The van der Waals surface area contributed by atoms with Crippen molar-refractivity contribution in [3.05, 3.63) is 29.6 Å². The number of halogens is 1. The van der Waals surface area contributed by atoms with Crippen LogP contribution in [-0.2, 0) is 0 Å². The van der Waals surface area contributed by atoms with Crippen molar-refractivity contribution in [3.63, 3.8) is 0 Å². The number of carbonyl (C=O) groups is 1. The van der Waals surface area contributed by atoms with Crippen LogP contribution in [0.5, 0.6) is 0 Å². The summed E-state index contributed by atoms with van der Waals surface area (Å²) in [6.07, 6.45) is 2.78. The lowest BCUT2D eigenvalue weighted by Crippen LogP contribution is -2.52. The van der Waals surface area contributed by atoms with Gasteiger partial charge in [0, 0.05) is 25.2 Å². The van der Waals surface area contributed by atoms with Gasteiger partial charge in [0.15, 0.2) is 0 Å². The molecule has 122 valence electrons. The summed E-state index contributed by atoms with van der Waals surface area (Å²) in [5.41, 5.74) is 1.68. The van der Waals surface area contributed by atoms with Crippen LogP contribution in [0.25, 0.3) is 0 Å². The standard InChI is InChI=1S/C17H26FN3O/c1-4-13(3)19-17(22)20-14-6-5-9-21(11-14)16-10-12(2)7-8-15(16)18/h7-8,10,13-14H,4-6,9,11H2,1-3H3,(H2,19,20,22). The molecule has 2 N–H and O–H groups in total. The Balaban J connectivity index is 1.97. The number of urea groups is 1. The number of nitrogens with zero attached hydrogens (tertiary/aromatic N) is 1. The van der Waals surface area contributed by atoms with E-state index in [0.717, 1.165) is 31.4 Å². The Kier molecular flexibility index (Phi) is 5.63. The molecule has 1 aliphatic heterocycles. The van der Waals surface area contributed by atoms with Crippen molar-refractivity contribution >= 4 is 11.7 Å². The molecule has 2 rings (SSSR count). The van der Waals surface area contributed by atoms with Crippen LogP contribution >= 0.6 is 0 Å². The van der Waals surface area contributed by atoms with E-state index in [1.54, 1.807) is 6.07 Å². The van der Waals surface area contributed by atoms with Gasteiger partial charge in [0.1, 0.15) is 5.82 Å². The fraction of sp³-hybridized carbons (Fsp3) is 0.588. The zero-order chi connectivity index (χ0) is 16.1. The van der Waals surface area contributed by atoms with Crippen LogP contribution in [0.2, 0.25) is 0 Å². The molecule has 2 atom stereocenters. The van der Waals surface area contributed by atoms with Crippen LogP contribution in [0.1, 0.15) is 38.7 Å². The SMILES string of the molecule is CCC(C)NC(=O)NC1CCCN(c2cc(C)ccc2F)C1. The van der Waals surface area contributed by atoms with Crippen LogP contribution in [0.15, 0.2) is 18.2 Å². The summed E-state index contributed by atoms with van der Waals surface area (Å²) in [4.78, 5) is 14.0. The number of hydrogen-bond donors (Lipinski definition) is 2. The molecule has 0 spiro atoms. The first-order valence-corrected chi connectivity index (χ1v) is 8.07. The number of rotatable bonds is 4. The molecule has 2 unspecified atom stereocenters. The zero-order valence-corrected chi connectivity index (χ0v) is 13.7. The van der Waals surface area contributed by atoms with Gasteiger partial charge < -0.3 is 15.5 Å². The van der Waals surface area contributed by atoms with Crippen molar-refractivity contribution in [2.24, 2.45) is 0 Å². The lowest BCUT2D eigenvalue weighted by Gasteiger charge is -2.35. The maximum atomic E-state index is 14.0. The van der Waals surface area contributed by atoms with Crippen molar-refractivity contribution < 1.29 is 9.18 Å². The average Bonchev–Trinajstić information content (AvgIpc) is 2.49. The molecule has 0 radical (unpaired) electrons. The van der Waals surface area contributed by atoms with Gasteiger partial charge in [-0.25, -0.2) is 9.18 Å². The smallest absolute Gasteiger partial charge is 0.315 e. The number of aryl methyl sites for hydroxylation is 1. The lowest BCUT2D eigenvalue weighted by atomic mass is 10.0. The van der Waals surface area contributed by atoms with Crippen molar-refractivity contribution in [2.75, 3.05) is 18.0 Å². The van der Waals surface area contributed by atoms with Gasteiger partial charge in [0.2, 0.25) is 0 Å². The van der Waals surface area contributed by atoms with Gasteiger partial charge in [0.05, 0.1) is 5.69 Å². The normalized spacial score (nSPS) is 19.6. The fourth-order valence-electron chi connectivity index (χ4n) is 2.73. The molecule has 0 aliphatic carbocycles. The molecule has 0 bridgehead atoms. The molecule has 0 aromatic heterocycles. The molecule has 22 heavy (non-hydrogen) atoms. The van der Waals surface area contributed by atoms with Crippen LogP contribution in [0.3, 0.4) is 0 Å². The van der Waals surface area contributed by atoms with Gasteiger partial charge in [0.25, 0.3) is 0 Å². The van der Waals surface area contributed by atoms with Gasteiger partial charge >= 0.3 is 6.03 Å². The summed E-state index contributed by atoms with van der Waals surface area (Å²) in [5, 5.41) is 5.91. The van der Waals surface area contributed by atoms with Crippen LogP contribution in [0, 0.1) is 12.7 Å². The Morgan fingerprint density at radius 2 is 2.27 bits per heavy atom. The fourth-order valence-corrected chi connectivity index (χ4v) is 2.73. The van der Waals surface area contributed by atoms with E-state index in [4.69, 9.17) is 0 Å². The van der Waals surface area contributed by atoms with E-state index >= 15 is 0 Å². The van der Waals surface area contributed by atoms with Crippen molar-refractivity contribution in [3.8, 4) is 0 Å². The van der Waals surface area contributed by atoms with Gasteiger partial charge in [-0.15, -0.1) is 0 Å². The maximum absolute atomic E-state index is 14.0. The van der Waals surface area contributed by atoms with E-state index in [-0.39, 0.29) is 23.9 Å². The van der Waals surface area contributed by atoms with E-state index in [9.17, 15) is 9.18 Å². The lowest BCUT2D eigenvalue weighted by molar-refractivity contribution is 0.231. The molecule has 5 heteroatoms. The number of piperidine rings is 1. The Bertz CT molecular complexity index is 521. The number of anilines is 1. The minimum Gasteiger partial charge on any atom is -0.367 e. The van der Waals surface area contributed by atoms with E-state index in [2.05, 4.69) is 10.6 Å². The highest BCUT2D eigenvalue weighted by atomic mass is 19.1. The Hall–Kier alpha value is -1.78. The monoisotopic (exact) mass is 307 g/mol. The first-order chi connectivity index (χ1) is 10.5. The quantitative estimate of drug-likeness (QED) is 0.897. The molecule has 1 heterocycles. The number of amides is 2. The largest absolute Gasteiger partial charge is 0.367 e. The van der Waals surface area contributed by atoms with Crippen molar-refractivity contribution in [2.45, 2.75) is 52.1 Å². The second kappa shape index (κ2) is 7.47. The third-order valence-corrected chi connectivity index (χ3v) is 4.19. The summed E-state index contributed by atoms with van der Waals surface area (Å²) in [6.45, 7) is 7.45. The predicted molar refractivity (Wildman–Crippen MR) is 87.8 cm³/mol. The molecule has 1 fully saturated rings. The van der Waals surface area contributed by atoms with Crippen LogP contribution in [0.4, 0.5) is 14.9 Å². The number of carbonyl (C=O) groups excluding carboxylic acids is 1. The minimum atomic E-state index is -0.199. The summed E-state index contributed by atoms with van der Waals surface area (Å²) >= 11 is 0. The Morgan fingerprint density at radius 3 is 3.00 bits per heavy atom. The van der Waals surface area contributed by atoms with Crippen LogP contribution in [-0.4, -0.2) is 31.2 Å². The second-order valence-corrected chi connectivity index (χ2v) is 6.17. The molecule has 2 amide bonds. The molecule has 1 aromatic rings. The summed E-state index contributed by atoms with van der Waals surface area (Å²) < 4.78 is 14.0. The number of benzene rings is 1. The number of hydrogen-bond acceptors (Lipinski definition) is 2. The minimum absolute atomic E-state index is 0.0534. The highest BCUT2D eigenvalue weighted by Crippen LogP contribution is 2.24. The van der Waals surface area contributed by atoms with Crippen molar-refractivity contribution in [1.82, 2.24) is 10.6 Å². The summed E-state index contributed by atoms with van der Waals surface area (Å²) in [6, 6.07) is 5.24. The number of nitrogens with one attached hydrogen (secondary N) is 2. The van der Waals surface area contributed by atoms with Crippen molar-refractivity contribution in [1.29, 1.82) is 0 Å². The molecule has 1 saturated heterocycles. The molecule has 1 aliphatic rings. The van der Waals surface area contributed by atoms with E-state index < -0.39 is 0 Å². The summed E-state index contributed by atoms with van der Waals surface area (Å²) in [5.74, 6) is -0.199. The third kappa shape index (κ3) is 4.36. The van der Waals surface area contributed by atoms with Gasteiger partial charge in [-0.2, -0.15) is 0 Å². The molecular weight excluding hydrogens is 281 g/mol. The highest BCUT2D eigenvalue weighted by Gasteiger charge is 2.23. The van der Waals surface area contributed by atoms with E-state index in [1.807, 2.05) is 31.7 Å². The third-order valence-electron chi connectivity index (χ3n) is 4.19. The van der Waals surface area contributed by atoms with Gasteiger partial charge in [-0.1, -0.05) is 13.0 Å². The van der Waals surface area contributed by atoms with E-state index in [0.29, 0.717) is 12.2 Å². The Morgan fingerprint density at radius 1 is 1.50 bits per heavy atom. The van der Waals surface area contributed by atoms with E-state index in [1.165, 1.54) is 6.07 Å². The first kappa shape index (κ1) is 16.6. The second-order valence-electron chi connectivity index (χ2n) is 6.17. The van der Waals surface area contributed by atoms with Gasteiger partial charge in [-0.3, -0.25) is 0 Å². The first-order valence-electron chi connectivity index (χ1n) is 8.07. The van der Waals surface area contributed by atoms with Gasteiger partial charge in [-0.05, 0) is 50.8 Å². The highest BCUT2D eigenvalue weighted by molar-refractivity contribution is 5.74. The predicted octanol–water partition coefficient (Wildman–Crippen LogP) is 3.20. The maximum Gasteiger partial charge on any atom is 0.315 e. The topological polar surface area (TPSA) is 44.4 Å². The van der Waals surface area contributed by atoms with Crippen LogP contribution < -0.4 is 15.5 Å². The zero-order valence-electron chi connectivity index (χ0n) is 13.7. The summed E-state index contributed by atoms with van der Waals surface area (Å²) in [7, 11) is 0. The average molecular weight is 307 g/mol. The molecular formula is C17H26FN3O. The molecule has 1 aromatic carbocycles. The molecule has 4 nitrogen and oxygen atoms in total. The molecule has 0 saturated carbocycles.